The molecule has 1 aromatic carbocycles. The van der Waals surface area contributed by atoms with E-state index in [0.29, 0.717) is 23.3 Å². The highest BCUT2D eigenvalue weighted by Crippen LogP contribution is 2.35. The first-order chi connectivity index (χ1) is 10.7. The number of hydrogen-bond acceptors (Lipinski definition) is 2. The highest BCUT2D eigenvalue weighted by Gasteiger charge is 2.25. The average Bonchev–Trinajstić information content (AvgIpc) is 3.09. The van der Waals surface area contributed by atoms with Gasteiger partial charge in [0.25, 0.3) is 5.91 Å². The predicted molar refractivity (Wildman–Crippen MR) is 85.0 cm³/mol. The number of carbonyl (C=O) groups excluding carboxylic acids is 1. The minimum Gasteiger partial charge on any atom is -0.350 e. The maximum atomic E-state index is 12.3. The number of fused-ring (bicyclic) bond motifs is 1. The van der Waals surface area contributed by atoms with Crippen molar-refractivity contribution in [2.45, 2.75) is 25.4 Å². The molecule has 1 aliphatic rings. The molecular formula is C16H15ClN4O. The van der Waals surface area contributed by atoms with Gasteiger partial charge in [0, 0.05) is 28.2 Å². The molecule has 0 atom stereocenters. The lowest BCUT2D eigenvalue weighted by Crippen LogP contribution is -2.24. The zero-order valence-corrected chi connectivity index (χ0v) is 12.6. The number of rotatable bonds is 4. The van der Waals surface area contributed by atoms with E-state index in [1.165, 1.54) is 12.8 Å². The molecule has 1 aliphatic carbocycles. The van der Waals surface area contributed by atoms with E-state index in [1.54, 1.807) is 12.3 Å². The van der Waals surface area contributed by atoms with E-state index in [-0.39, 0.29) is 5.91 Å². The standard InChI is InChI=1S/C16H15ClN4O/c17-13-2-1-3-14-12(13)6-15(20-14)16(22)19-8-11-7-18-9-21(11)10-4-5-10/h1-3,6-7,9-10,20H,4-5,8H2,(H,19,22). The Balaban J connectivity index is 1.51. The molecule has 22 heavy (non-hydrogen) atoms. The van der Waals surface area contributed by atoms with Crippen LogP contribution in [0.5, 0.6) is 0 Å². The van der Waals surface area contributed by atoms with Crippen molar-refractivity contribution >= 4 is 28.4 Å². The fourth-order valence-electron chi connectivity index (χ4n) is 2.66. The molecule has 0 bridgehead atoms. The van der Waals surface area contributed by atoms with Crippen molar-refractivity contribution in [2.24, 2.45) is 0 Å². The van der Waals surface area contributed by atoms with Gasteiger partial charge < -0.3 is 14.9 Å². The van der Waals surface area contributed by atoms with Crippen LogP contribution in [-0.2, 0) is 6.54 Å². The van der Waals surface area contributed by atoms with Gasteiger partial charge in [-0.25, -0.2) is 4.98 Å². The van der Waals surface area contributed by atoms with Gasteiger partial charge in [-0.1, -0.05) is 17.7 Å². The summed E-state index contributed by atoms with van der Waals surface area (Å²) in [5.41, 5.74) is 2.41. The zero-order valence-electron chi connectivity index (χ0n) is 11.8. The predicted octanol–water partition coefficient (Wildman–Crippen LogP) is 3.28. The van der Waals surface area contributed by atoms with E-state index >= 15 is 0 Å². The summed E-state index contributed by atoms with van der Waals surface area (Å²) in [6.45, 7) is 0.471. The Morgan fingerprint density at radius 3 is 3.09 bits per heavy atom. The Labute approximate surface area is 132 Å². The molecule has 5 nitrogen and oxygen atoms in total. The molecule has 4 rings (SSSR count). The number of nitrogens with one attached hydrogen (secondary N) is 2. The molecule has 2 aromatic heterocycles. The number of hydrogen-bond donors (Lipinski definition) is 2. The van der Waals surface area contributed by atoms with Crippen LogP contribution in [0.4, 0.5) is 0 Å². The molecule has 0 radical (unpaired) electrons. The second-order valence-electron chi connectivity index (χ2n) is 5.59. The van der Waals surface area contributed by atoms with E-state index < -0.39 is 0 Å². The molecule has 0 spiro atoms. The van der Waals surface area contributed by atoms with Gasteiger partial charge in [0.05, 0.1) is 18.6 Å². The number of aromatic amines is 1. The largest absolute Gasteiger partial charge is 0.350 e. The van der Waals surface area contributed by atoms with Crippen molar-refractivity contribution in [2.75, 3.05) is 0 Å². The van der Waals surface area contributed by atoms with Gasteiger partial charge in [0.1, 0.15) is 5.69 Å². The third-order valence-corrected chi connectivity index (χ3v) is 4.30. The molecule has 0 aliphatic heterocycles. The minimum absolute atomic E-state index is 0.143. The average molecular weight is 315 g/mol. The van der Waals surface area contributed by atoms with Crippen molar-refractivity contribution < 1.29 is 4.79 Å². The van der Waals surface area contributed by atoms with Gasteiger partial charge in [-0.2, -0.15) is 0 Å². The van der Waals surface area contributed by atoms with Crippen molar-refractivity contribution in [1.29, 1.82) is 0 Å². The molecule has 2 N–H and O–H groups in total. The number of nitrogens with zero attached hydrogens (tertiary/aromatic N) is 2. The highest BCUT2D eigenvalue weighted by molar-refractivity contribution is 6.35. The van der Waals surface area contributed by atoms with Gasteiger partial charge in [-0.15, -0.1) is 0 Å². The van der Waals surface area contributed by atoms with Gasteiger partial charge in [-0.3, -0.25) is 4.79 Å². The van der Waals surface area contributed by atoms with Gasteiger partial charge >= 0.3 is 0 Å². The fraction of sp³-hybridized carbons (Fsp3) is 0.250. The summed E-state index contributed by atoms with van der Waals surface area (Å²) in [7, 11) is 0. The van der Waals surface area contributed by atoms with E-state index in [0.717, 1.165) is 16.6 Å². The van der Waals surface area contributed by atoms with Crippen LogP contribution in [0.25, 0.3) is 10.9 Å². The highest BCUT2D eigenvalue weighted by atomic mass is 35.5. The number of H-pyrrole nitrogens is 1. The molecule has 6 heteroatoms. The Morgan fingerprint density at radius 1 is 1.45 bits per heavy atom. The third kappa shape index (κ3) is 2.37. The van der Waals surface area contributed by atoms with Crippen LogP contribution >= 0.6 is 11.6 Å². The summed E-state index contributed by atoms with van der Waals surface area (Å²) in [5.74, 6) is -0.143. The molecule has 0 unspecified atom stereocenters. The van der Waals surface area contributed by atoms with Crippen LogP contribution in [-0.4, -0.2) is 20.4 Å². The first-order valence-electron chi connectivity index (χ1n) is 7.28. The van der Waals surface area contributed by atoms with E-state index in [1.807, 2.05) is 24.5 Å². The summed E-state index contributed by atoms with van der Waals surface area (Å²) in [5, 5.41) is 4.43. The van der Waals surface area contributed by atoms with Crippen molar-refractivity contribution in [3.05, 3.63) is 53.2 Å². The molecule has 0 saturated heterocycles. The normalized spacial score (nSPS) is 14.4. The number of amides is 1. The Hall–Kier alpha value is -2.27. The van der Waals surface area contributed by atoms with Crippen LogP contribution in [0.1, 0.15) is 35.1 Å². The summed E-state index contributed by atoms with van der Waals surface area (Å²) >= 11 is 6.13. The molecule has 1 amide bonds. The smallest absolute Gasteiger partial charge is 0.268 e. The molecular weight excluding hydrogens is 300 g/mol. The summed E-state index contributed by atoms with van der Waals surface area (Å²) in [4.78, 5) is 19.6. The molecule has 1 fully saturated rings. The molecule has 3 aromatic rings. The van der Waals surface area contributed by atoms with Crippen LogP contribution in [0.2, 0.25) is 5.02 Å². The summed E-state index contributed by atoms with van der Waals surface area (Å²) in [6, 6.07) is 7.91. The van der Waals surface area contributed by atoms with E-state index in [2.05, 4.69) is 19.9 Å². The monoisotopic (exact) mass is 314 g/mol. The molecule has 1 saturated carbocycles. The first-order valence-corrected chi connectivity index (χ1v) is 7.66. The molecule has 112 valence electrons. The summed E-state index contributed by atoms with van der Waals surface area (Å²) in [6.07, 6.45) is 6.03. The van der Waals surface area contributed by atoms with Gasteiger partial charge in [0.2, 0.25) is 0 Å². The number of aromatic nitrogens is 3. The Bertz CT molecular complexity index is 847. The van der Waals surface area contributed by atoms with E-state index in [9.17, 15) is 4.79 Å². The first kappa shape index (κ1) is 13.4. The van der Waals surface area contributed by atoms with Crippen LogP contribution in [0, 0.1) is 0 Å². The lowest BCUT2D eigenvalue weighted by atomic mass is 10.2. The lowest BCUT2D eigenvalue weighted by Gasteiger charge is -2.07. The lowest BCUT2D eigenvalue weighted by molar-refractivity contribution is 0.0946. The number of halogens is 1. The number of carbonyl (C=O) groups is 1. The van der Waals surface area contributed by atoms with Crippen molar-refractivity contribution in [3.8, 4) is 0 Å². The van der Waals surface area contributed by atoms with Crippen LogP contribution in [0.3, 0.4) is 0 Å². The quantitative estimate of drug-likeness (QED) is 0.776. The number of imidazole rings is 1. The van der Waals surface area contributed by atoms with Crippen LogP contribution in [0.15, 0.2) is 36.8 Å². The third-order valence-electron chi connectivity index (χ3n) is 3.97. The van der Waals surface area contributed by atoms with Crippen LogP contribution < -0.4 is 5.32 Å². The maximum absolute atomic E-state index is 12.3. The topological polar surface area (TPSA) is 62.7 Å². The zero-order chi connectivity index (χ0) is 15.1. The Morgan fingerprint density at radius 2 is 2.32 bits per heavy atom. The molecule has 2 heterocycles. The number of benzene rings is 1. The fourth-order valence-corrected chi connectivity index (χ4v) is 2.89. The van der Waals surface area contributed by atoms with Gasteiger partial charge in [0.15, 0.2) is 0 Å². The minimum atomic E-state index is -0.143. The van der Waals surface area contributed by atoms with E-state index in [4.69, 9.17) is 11.6 Å². The maximum Gasteiger partial charge on any atom is 0.268 e. The van der Waals surface area contributed by atoms with Crippen molar-refractivity contribution in [1.82, 2.24) is 19.9 Å². The van der Waals surface area contributed by atoms with Gasteiger partial charge in [-0.05, 0) is 31.0 Å². The second kappa shape index (κ2) is 5.18. The SMILES string of the molecule is O=C(NCc1cncn1C1CC1)c1cc2c(Cl)cccc2[nH]1. The van der Waals surface area contributed by atoms with Crippen molar-refractivity contribution in [3.63, 3.8) is 0 Å². The summed E-state index contributed by atoms with van der Waals surface area (Å²) < 4.78 is 2.14. The Kier molecular flexibility index (Phi) is 3.15. The second-order valence-corrected chi connectivity index (χ2v) is 6.00.